The van der Waals surface area contributed by atoms with Crippen LogP contribution in [0.4, 0.5) is 5.95 Å². The van der Waals surface area contributed by atoms with E-state index in [2.05, 4.69) is 39.7 Å². The molecule has 0 unspecified atom stereocenters. The van der Waals surface area contributed by atoms with Crippen molar-refractivity contribution >= 4 is 23.5 Å². The van der Waals surface area contributed by atoms with Gasteiger partial charge in [0.1, 0.15) is 30.3 Å². The van der Waals surface area contributed by atoms with Gasteiger partial charge in [-0.25, -0.2) is 14.8 Å². The second kappa shape index (κ2) is 11.8. The Morgan fingerprint density at radius 2 is 1.73 bits per heavy atom. The van der Waals surface area contributed by atoms with Crippen LogP contribution in [-0.4, -0.2) is 65.3 Å². The number of piperazine rings is 1. The third-order valence-electron chi connectivity index (χ3n) is 6.75. The van der Waals surface area contributed by atoms with Gasteiger partial charge in [-0.2, -0.15) is 0 Å². The molecule has 0 saturated carbocycles. The molecule has 1 aliphatic rings. The highest BCUT2D eigenvalue weighted by atomic mass is 35.5. The van der Waals surface area contributed by atoms with Crippen LogP contribution in [0.3, 0.4) is 0 Å². The number of ether oxygens (including phenoxy) is 2. The lowest BCUT2D eigenvalue weighted by atomic mass is 10.1. The van der Waals surface area contributed by atoms with E-state index in [1.54, 1.807) is 0 Å². The van der Waals surface area contributed by atoms with Crippen molar-refractivity contribution in [2.45, 2.75) is 34.3 Å². The first-order chi connectivity index (χ1) is 17.7. The first-order valence-corrected chi connectivity index (χ1v) is 12.8. The molecule has 0 amide bonds. The summed E-state index contributed by atoms with van der Waals surface area (Å²) >= 11 is 6.25. The number of halogens is 1. The molecule has 0 bridgehead atoms. The maximum Gasteiger partial charge on any atom is 0.339 e. The molecule has 2 aromatic carbocycles. The number of rotatable bonds is 9. The first kappa shape index (κ1) is 26.7. The number of hydrogen-bond acceptors (Lipinski definition) is 7. The van der Waals surface area contributed by atoms with Gasteiger partial charge in [0.2, 0.25) is 5.95 Å². The minimum atomic E-state index is -1.08. The van der Waals surface area contributed by atoms with Gasteiger partial charge in [-0.1, -0.05) is 23.7 Å². The number of aromatic carboxylic acids is 1. The molecule has 8 nitrogen and oxygen atoms in total. The molecule has 9 heteroatoms. The topological polar surface area (TPSA) is 88.0 Å². The number of hydrogen-bond donors (Lipinski definition) is 1. The van der Waals surface area contributed by atoms with Gasteiger partial charge in [-0.3, -0.25) is 4.90 Å². The van der Waals surface area contributed by atoms with Gasteiger partial charge in [0.05, 0.1) is 5.69 Å². The minimum absolute atomic E-state index is 0.0212. The Labute approximate surface area is 222 Å². The zero-order valence-electron chi connectivity index (χ0n) is 21.8. The van der Waals surface area contributed by atoms with Gasteiger partial charge < -0.3 is 19.5 Å². The molecular formula is C28H33ClN4O4. The largest absolute Gasteiger partial charge is 0.492 e. The second-order valence-electron chi connectivity index (χ2n) is 9.37. The molecule has 1 aliphatic heterocycles. The van der Waals surface area contributed by atoms with Crippen LogP contribution in [0.2, 0.25) is 5.02 Å². The molecule has 37 heavy (non-hydrogen) atoms. The van der Waals surface area contributed by atoms with E-state index in [0.717, 1.165) is 49.6 Å². The van der Waals surface area contributed by atoms with Crippen LogP contribution in [-0.2, 0) is 6.61 Å². The Bertz CT molecular complexity index is 1250. The van der Waals surface area contributed by atoms with Gasteiger partial charge in [-0.15, -0.1) is 0 Å². The quantitative estimate of drug-likeness (QED) is 0.425. The SMILES string of the molecule is Cc1cccc(OCCN2CCN(c3ncc(C(=O)O)c(COc4cc(C)c(Cl)c(C)c4)n3)CC2)c1C. The van der Waals surface area contributed by atoms with Crippen molar-refractivity contribution < 1.29 is 19.4 Å². The lowest BCUT2D eigenvalue weighted by Crippen LogP contribution is -2.48. The molecule has 1 saturated heterocycles. The Balaban J connectivity index is 1.35. The summed E-state index contributed by atoms with van der Waals surface area (Å²) in [5.74, 6) is 0.984. The molecule has 1 fully saturated rings. The summed E-state index contributed by atoms with van der Waals surface area (Å²) in [6, 6.07) is 9.78. The predicted octanol–water partition coefficient (Wildman–Crippen LogP) is 4.84. The van der Waals surface area contributed by atoms with Gasteiger partial charge in [0.25, 0.3) is 0 Å². The highest BCUT2D eigenvalue weighted by Gasteiger charge is 2.22. The third kappa shape index (κ3) is 6.50. The maximum absolute atomic E-state index is 11.8. The van der Waals surface area contributed by atoms with E-state index in [0.29, 0.717) is 29.0 Å². The van der Waals surface area contributed by atoms with E-state index in [4.69, 9.17) is 21.1 Å². The predicted molar refractivity (Wildman–Crippen MR) is 144 cm³/mol. The lowest BCUT2D eigenvalue weighted by Gasteiger charge is -2.34. The van der Waals surface area contributed by atoms with Crippen LogP contribution >= 0.6 is 11.6 Å². The van der Waals surface area contributed by atoms with Crippen molar-refractivity contribution in [3.05, 3.63) is 75.1 Å². The zero-order chi connectivity index (χ0) is 26.5. The summed E-state index contributed by atoms with van der Waals surface area (Å²) in [6.07, 6.45) is 1.37. The van der Waals surface area contributed by atoms with Gasteiger partial charge in [0, 0.05) is 43.9 Å². The molecule has 0 aliphatic carbocycles. The van der Waals surface area contributed by atoms with Crippen LogP contribution < -0.4 is 14.4 Å². The number of aryl methyl sites for hydroxylation is 3. The van der Waals surface area contributed by atoms with E-state index in [1.165, 1.54) is 17.3 Å². The fraction of sp³-hybridized carbons (Fsp3) is 0.393. The number of anilines is 1. The maximum atomic E-state index is 11.8. The fourth-order valence-electron chi connectivity index (χ4n) is 4.33. The van der Waals surface area contributed by atoms with Crippen molar-refractivity contribution in [1.29, 1.82) is 0 Å². The van der Waals surface area contributed by atoms with Crippen molar-refractivity contribution in [3.8, 4) is 11.5 Å². The zero-order valence-corrected chi connectivity index (χ0v) is 22.5. The number of nitrogens with zero attached hydrogens (tertiary/aromatic N) is 4. The molecule has 2 heterocycles. The summed E-state index contributed by atoms with van der Waals surface area (Å²) in [7, 11) is 0. The number of aromatic nitrogens is 2. The van der Waals surface area contributed by atoms with Gasteiger partial charge in [-0.05, 0) is 68.1 Å². The fourth-order valence-corrected chi connectivity index (χ4v) is 4.43. The van der Waals surface area contributed by atoms with E-state index in [-0.39, 0.29) is 12.2 Å². The van der Waals surface area contributed by atoms with E-state index < -0.39 is 5.97 Å². The molecule has 4 rings (SSSR count). The van der Waals surface area contributed by atoms with Crippen LogP contribution in [0.1, 0.15) is 38.3 Å². The summed E-state index contributed by atoms with van der Waals surface area (Å²) in [6.45, 7) is 12.6. The average Bonchev–Trinajstić information content (AvgIpc) is 2.88. The summed E-state index contributed by atoms with van der Waals surface area (Å²) in [5.41, 5.74) is 4.57. The smallest absolute Gasteiger partial charge is 0.339 e. The minimum Gasteiger partial charge on any atom is -0.492 e. The molecule has 0 radical (unpaired) electrons. The summed E-state index contributed by atoms with van der Waals surface area (Å²) in [4.78, 5) is 25.1. The van der Waals surface area contributed by atoms with Crippen LogP contribution in [0.15, 0.2) is 36.5 Å². The highest BCUT2D eigenvalue weighted by molar-refractivity contribution is 6.32. The highest BCUT2D eigenvalue weighted by Crippen LogP contribution is 2.27. The Morgan fingerprint density at radius 3 is 2.41 bits per heavy atom. The molecule has 0 atom stereocenters. The standard InChI is InChI=1S/C28H33ClN4O4/c1-18-6-5-7-25(21(18)4)36-13-12-32-8-10-33(11-9-32)28-30-16-23(27(34)35)24(31-28)17-37-22-14-19(2)26(29)20(3)15-22/h5-7,14-16H,8-13,17H2,1-4H3,(H,34,35). The average molecular weight is 525 g/mol. The second-order valence-corrected chi connectivity index (χ2v) is 9.75. The molecule has 196 valence electrons. The molecule has 0 spiro atoms. The Kier molecular flexibility index (Phi) is 8.51. The molecule has 1 aromatic heterocycles. The number of carbonyl (C=O) groups is 1. The summed E-state index contributed by atoms with van der Waals surface area (Å²) in [5, 5.41) is 10.3. The number of benzene rings is 2. The Hall–Kier alpha value is -3.36. The molecule has 1 N–H and O–H groups in total. The van der Waals surface area contributed by atoms with Crippen LogP contribution in [0.25, 0.3) is 0 Å². The number of carboxylic acid groups (broad SMARTS) is 1. The number of carboxylic acids is 1. The van der Waals surface area contributed by atoms with Crippen molar-refractivity contribution in [2.75, 3.05) is 44.2 Å². The van der Waals surface area contributed by atoms with Crippen LogP contribution in [0.5, 0.6) is 11.5 Å². The molecular weight excluding hydrogens is 492 g/mol. The van der Waals surface area contributed by atoms with E-state index in [1.807, 2.05) is 38.1 Å². The monoisotopic (exact) mass is 524 g/mol. The Morgan fingerprint density at radius 1 is 1.03 bits per heavy atom. The van der Waals surface area contributed by atoms with Gasteiger partial charge >= 0.3 is 5.97 Å². The van der Waals surface area contributed by atoms with Crippen molar-refractivity contribution in [2.24, 2.45) is 0 Å². The van der Waals surface area contributed by atoms with E-state index in [9.17, 15) is 9.90 Å². The van der Waals surface area contributed by atoms with Crippen molar-refractivity contribution in [1.82, 2.24) is 14.9 Å². The van der Waals surface area contributed by atoms with E-state index >= 15 is 0 Å². The lowest BCUT2D eigenvalue weighted by molar-refractivity contribution is 0.0692. The molecule has 3 aromatic rings. The first-order valence-electron chi connectivity index (χ1n) is 12.4. The third-order valence-corrected chi connectivity index (χ3v) is 7.34. The van der Waals surface area contributed by atoms with Gasteiger partial charge in [0.15, 0.2) is 0 Å². The van der Waals surface area contributed by atoms with Crippen molar-refractivity contribution in [3.63, 3.8) is 0 Å². The van der Waals surface area contributed by atoms with Crippen LogP contribution in [0, 0.1) is 27.7 Å². The summed E-state index contributed by atoms with van der Waals surface area (Å²) < 4.78 is 11.9. The normalized spacial score (nSPS) is 14.0.